The van der Waals surface area contributed by atoms with E-state index in [2.05, 4.69) is 4.98 Å². The summed E-state index contributed by atoms with van der Waals surface area (Å²) < 4.78 is 10.8. The smallest absolute Gasteiger partial charge is 0.194 e. The van der Waals surface area contributed by atoms with Crippen LogP contribution in [0.5, 0.6) is 0 Å². The number of rotatable bonds is 3. The van der Waals surface area contributed by atoms with Crippen LogP contribution in [0.25, 0.3) is 11.0 Å². The van der Waals surface area contributed by atoms with Crippen LogP contribution in [-0.4, -0.2) is 4.98 Å². The van der Waals surface area contributed by atoms with Crippen molar-refractivity contribution < 1.29 is 8.83 Å². The molecule has 2 aromatic heterocycles. The Morgan fingerprint density at radius 1 is 1.17 bits per heavy atom. The lowest BCUT2D eigenvalue weighted by Gasteiger charge is -2.01. The van der Waals surface area contributed by atoms with Crippen LogP contribution in [0.1, 0.15) is 11.7 Å². The molecule has 1 aromatic carbocycles. The topological polar surface area (TPSA) is 56.2 Å². The fourth-order valence-electron chi connectivity index (χ4n) is 1.88. The van der Waals surface area contributed by atoms with E-state index < -0.39 is 0 Å². The number of para-hydroxylation sites is 1. The number of nitrogens with zero attached hydrogens (tertiary/aromatic N) is 1. The highest BCUT2D eigenvalue weighted by Gasteiger charge is 2.05. The first-order valence-electron chi connectivity index (χ1n) is 5.73. The Morgan fingerprint density at radius 3 is 2.89 bits per heavy atom. The van der Waals surface area contributed by atoms with Gasteiger partial charge in [0.15, 0.2) is 11.3 Å². The third-order valence-corrected chi connectivity index (χ3v) is 2.75. The van der Waals surface area contributed by atoms with Gasteiger partial charge in [0.2, 0.25) is 0 Å². The average Bonchev–Trinajstić information content (AvgIpc) is 2.90. The van der Waals surface area contributed by atoms with Crippen LogP contribution in [0.3, 0.4) is 0 Å². The lowest BCUT2D eigenvalue weighted by Crippen LogP contribution is -2.03. The van der Waals surface area contributed by atoms with Crippen molar-refractivity contribution in [1.82, 2.24) is 4.98 Å². The highest BCUT2D eigenvalue weighted by atomic mass is 16.3. The molecule has 0 atom stereocenters. The van der Waals surface area contributed by atoms with Crippen LogP contribution in [-0.2, 0) is 12.8 Å². The largest absolute Gasteiger partial charge is 0.461 e. The molecule has 0 spiro atoms. The van der Waals surface area contributed by atoms with E-state index in [0.29, 0.717) is 35.5 Å². The molecule has 90 valence electrons. The minimum Gasteiger partial charge on any atom is -0.461 e. The van der Waals surface area contributed by atoms with Crippen molar-refractivity contribution in [3.8, 4) is 0 Å². The molecule has 0 saturated carbocycles. The van der Waals surface area contributed by atoms with E-state index in [9.17, 15) is 4.79 Å². The van der Waals surface area contributed by atoms with Gasteiger partial charge in [0.1, 0.15) is 17.6 Å². The van der Waals surface area contributed by atoms with Gasteiger partial charge in [0.05, 0.1) is 11.6 Å². The molecule has 0 fully saturated rings. The van der Waals surface area contributed by atoms with Gasteiger partial charge in [-0.1, -0.05) is 12.1 Å². The van der Waals surface area contributed by atoms with Crippen molar-refractivity contribution in [1.29, 1.82) is 0 Å². The minimum absolute atomic E-state index is 0.0146. The second kappa shape index (κ2) is 4.49. The standard InChI is InChI=1S/C14H11NO3/c16-12-9-10(5-6-14-15-7-8-17-14)18-13-4-2-1-3-11(12)13/h1-4,7-9H,5-6H2. The number of aromatic nitrogens is 1. The Hall–Kier alpha value is -2.36. The van der Waals surface area contributed by atoms with Crippen molar-refractivity contribution in [3.63, 3.8) is 0 Å². The number of benzene rings is 1. The monoisotopic (exact) mass is 241 g/mol. The summed E-state index contributed by atoms with van der Waals surface area (Å²) in [5.74, 6) is 1.29. The summed E-state index contributed by atoms with van der Waals surface area (Å²) in [5.41, 5.74) is 0.603. The molecule has 2 heterocycles. The maximum absolute atomic E-state index is 11.9. The number of hydrogen-bond donors (Lipinski definition) is 0. The maximum Gasteiger partial charge on any atom is 0.194 e. The molecular weight excluding hydrogens is 230 g/mol. The summed E-state index contributed by atoms with van der Waals surface area (Å²) in [5, 5.41) is 0.609. The molecule has 0 unspecified atom stereocenters. The quantitative estimate of drug-likeness (QED) is 0.707. The molecule has 18 heavy (non-hydrogen) atoms. The highest BCUT2D eigenvalue weighted by molar-refractivity contribution is 5.76. The van der Waals surface area contributed by atoms with E-state index in [1.165, 1.54) is 12.3 Å². The Bertz CT molecular complexity index is 713. The van der Waals surface area contributed by atoms with Crippen LogP contribution >= 0.6 is 0 Å². The predicted octanol–water partition coefficient (Wildman–Crippen LogP) is 2.57. The Labute approximate surface area is 103 Å². The number of fused-ring (bicyclic) bond motifs is 1. The molecule has 0 radical (unpaired) electrons. The highest BCUT2D eigenvalue weighted by Crippen LogP contribution is 2.13. The normalized spacial score (nSPS) is 10.9. The van der Waals surface area contributed by atoms with Gasteiger partial charge in [-0.05, 0) is 12.1 Å². The van der Waals surface area contributed by atoms with E-state index in [1.807, 2.05) is 12.1 Å². The average molecular weight is 241 g/mol. The van der Waals surface area contributed by atoms with Crippen molar-refractivity contribution in [2.45, 2.75) is 12.8 Å². The molecule has 0 aliphatic rings. The zero-order chi connectivity index (χ0) is 12.4. The van der Waals surface area contributed by atoms with Gasteiger partial charge in [-0.25, -0.2) is 4.98 Å². The van der Waals surface area contributed by atoms with E-state index >= 15 is 0 Å². The summed E-state index contributed by atoms with van der Waals surface area (Å²) in [6.45, 7) is 0. The summed E-state index contributed by atoms with van der Waals surface area (Å²) in [6, 6.07) is 8.77. The van der Waals surface area contributed by atoms with Crippen molar-refractivity contribution in [2.75, 3.05) is 0 Å². The lowest BCUT2D eigenvalue weighted by molar-refractivity contribution is 0.472. The summed E-state index contributed by atoms with van der Waals surface area (Å²) in [4.78, 5) is 15.9. The predicted molar refractivity (Wildman–Crippen MR) is 66.4 cm³/mol. The first-order valence-corrected chi connectivity index (χ1v) is 5.73. The fourth-order valence-corrected chi connectivity index (χ4v) is 1.88. The molecule has 0 saturated heterocycles. The SMILES string of the molecule is O=c1cc(CCc2ncco2)oc2ccccc12. The van der Waals surface area contributed by atoms with Gasteiger partial charge in [0.25, 0.3) is 0 Å². The summed E-state index contributed by atoms with van der Waals surface area (Å²) in [6.07, 6.45) is 4.35. The number of aryl methyl sites for hydroxylation is 2. The van der Waals surface area contributed by atoms with Gasteiger partial charge in [-0.2, -0.15) is 0 Å². The molecular formula is C14H11NO3. The number of oxazole rings is 1. The van der Waals surface area contributed by atoms with Crippen LogP contribution in [0.15, 0.2) is 56.4 Å². The Morgan fingerprint density at radius 2 is 2.06 bits per heavy atom. The Balaban J connectivity index is 1.91. The van der Waals surface area contributed by atoms with Crippen LogP contribution in [0.4, 0.5) is 0 Å². The fraction of sp³-hybridized carbons (Fsp3) is 0.143. The molecule has 4 heteroatoms. The molecule has 0 bridgehead atoms. The lowest BCUT2D eigenvalue weighted by atomic mass is 10.2. The van der Waals surface area contributed by atoms with E-state index in [0.717, 1.165) is 0 Å². The second-order valence-corrected chi connectivity index (χ2v) is 4.00. The molecule has 4 nitrogen and oxygen atoms in total. The van der Waals surface area contributed by atoms with E-state index in [-0.39, 0.29) is 5.43 Å². The zero-order valence-electron chi connectivity index (χ0n) is 9.63. The van der Waals surface area contributed by atoms with Crippen LogP contribution < -0.4 is 5.43 Å². The molecule has 3 aromatic rings. The molecule has 0 aliphatic heterocycles. The molecule has 0 N–H and O–H groups in total. The summed E-state index contributed by atoms with van der Waals surface area (Å²) in [7, 11) is 0. The van der Waals surface area contributed by atoms with Gasteiger partial charge in [-0.3, -0.25) is 4.79 Å². The van der Waals surface area contributed by atoms with Crippen molar-refractivity contribution in [2.24, 2.45) is 0 Å². The van der Waals surface area contributed by atoms with Crippen molar-refractivity contribution >= 4 is 11.0 Å². The second-order valence-electron chi connectivity index (χ2n) is 4.00. The van der Waals surface area contributed by atoms with E-state index in [4.69, 9.17) is 8.83 Å². The van der Waals surface area contributed by atoms with Gasteiger partial charge >= 0.3 is 0 Å². The number of hydrogen-bond acceptors (Lipinski definition) is 4. The van der Waals surface area contributed by atoms with Crippen molar-refractivity contribution in [3.05, 3.63) is 64.7 Å². The van der Waals surface area contributed by atoms with Crippen LogP contribution in [0.2, 0.25) is 0 Å². The zero-order valence-corrected chi connectivity index (χ0v) is 9.63. The van der Waals surface area contributed by atoms with E-state index in [1.54, 1.807) is 18.3 Å². The van der Waals surface area contributed by atoms with Gasteiger partial charge in [0, 0.05) is 18.9 Å². The Kier molecular flexibility index (Phi) is 2.68. The molecule has 3 rings (SSSR count). The van der Waals surface area contributed by atoms with Crippen LogP contribution in [0, 0.1) is 0 Å². The van der Waals surface area contributed by atoms with Gasteiger partial charge < -0.3 is 8.83 Å². The summed E-state index contributed by atoms with van der Waals surface area (Å²) >= 11 is 0. The third-order valence-electron chi connectivity index (χ3n) is 2.75. The van der Waals surface area contributed by atoms with Gasteiger partial charge in [-0.15, -0.1) is 0 Å². The first-order chi connectivity index (χ1) is 8.83. The maximum atomic E-state index is 11.9. The third kappa shape index (κ3) is 2.05. The minimum atomic E-state index is -0.0146. The molecule has 0 aliphatic carbocycles. The first kappa shape index (κ1) is 10.8. The molecule has 0 amide bonds.